The van der Waals surface area contributed by atoms with Gasteiger partial charge in [0.15, 0.2) is 0 Å². The lowest BCUT2D eigenvalue weighted by Gasteiger charge is -2.26. The lowest BCUT2D eigenvalue weighted by molar-refractivity contribution is -0.153. The summed E-state index contributed by atoms with van der Waals surface area (Å²) in [7, 11) is 0. The van der Waals surface area contributed by atoms with Crippen molar-refractivity contribution in [2.75, 3.05) is 6.61 Å². The van der Waals surface area contributed by atoms with Crippen LogP contribution in [0.3, 0.4) is 0 Å². The molecule has 0 aliphatic heterocycles. The van der Waals surface area contributed by atoms with Crippen LogP contribution in [0.4, 0.5) is 4.79 Å². The van der Waals surface area contributed by atoms with Crippen molar-refractivity contribution in [2.45, 2.75) is 78.0 Å². The monoisotopic (exact) mass is 665 g/mol. The first kappa shape index (κ1) is 36.8. The van der Waals surface area contributed by atoms with E-state index in [0.717, 1.165) is 34.1 Å². The van der Waals surface area contributed by atoms with Crippen LogP contribution < -0.4 is 5.32 Å². The molecule has 8 heteroatoms. The van der Waals surface area contributed by atoms with Crippen LogP contribution in [0.15, 0.2) is 91.0 Å². The fourth-order valence-corrected chi connectivity index (χ4v) is 5.78. The van der Waals surface area contributed by atoms with Gasteiger partial charge in [0.05, 0.1) is 0 Å². The maximum atomic E-state index is 13.7. The summed E-state index contributed by atoms with van der Waals surface area (Å²) in [4.78, 5) is 50.2. The molecule has 8 nitrogen and oxygen atoms in total. The highest BCUT2D eigenvalue weighted by Gasteiger charge is 2.31. The molecule has 3 aromatic rings. The molecule has 0 aromatic heterocycles. The summed E-state index contributed by atoms with van der Waals surface area (Å²) in [6, 6.07) is 22.4. The lowest BCUT2D eigenvalue weighted by atomic mass is 9.98. The molecule has 258 valence electrons. The van der Waals surface area contributed by atoms with E-state index in [1.54, 1.807) is 39.0 Å². The van der Waals surface area contributed by atoms with E-state index in [9.17, 15) is 19.2 Å². The number of nitrogens with one attached hydrogen (secondary N) is 1. The Morgan fingerprint density at radius 3 is 2.02 bits per heavy atom. The first-order valence-electron chi connectivity index (χ1n) is 16.8. The van der Waals surface area contributed by atoms with E-state index in [-0.39, 0.29) is 30.8 Å². The van der Waals surface area contributed by atoms with Gasteiger partial charge in [0.25, 0.3) is 0 Å². The Morgan fingerprint density at radius 2 is 1.45 bits per heavy atom. The highest BCUT2D eigenvalue weighted by molar-refractivity contribution is 5.83. The quantitative estimate of drug-likeness (QED) is 0.0799. The number of carbonyl (C=O) groups excluding carboxylic acids is 4. The number of carbonyl (C=O) groups is 4. The maximum absolute atomic E-state index is 13.7. The molecule has 0 saturated heterocycles. The molecule has 0 bridgehead atoms. The van der Waals surface area contributed by atoms with Crippen LogP contribution in [0, 0.1) is 11.8 Å². The van der Waals surface area contributed by atoms with Gasteiger partial charge in [-0.3, -0.25) is 4.79 Å². The third kappa shape index (κ3) is 10.8. The zero-order chi connectivity index (χ0) is 35.6. The third-order valence-corrected chi connectivity index (χ3v) is 8.18. The number of rotatable bonds is 14. The summed E-state index contributed by atoms with van der Waals surface area (Å²) in [5.41, 5.74) is 5.25. The van der Waals surface area contributed by atoms with Gasteiger partial charge in [-0.15, -0.1) is 0 Å². The lowest BCUT2D eigenvalue weighted by Crippen LogP contribution is -2.44. The largest absolute Gasteiger partial charge is 0.460 e. The Balaban J connectivity index is 1.45. The van der Waals surface area contributed by atoms with E-state index >= 15 is 0 Å². The van der Waals surface area contributed by atoms with Gasteiger partial charge >= 0.3 is 18.0 Å². The van der Waals surface area contributed by atoms with Gasteiger partial charge in [0, 0.05) is 29.9 Å². The highest BCUT2D eigenvalue weighted by atomic mass is 16.6. The average molecular weight is 666 g/mol. The van der Waals surface area contributed by atoms with Crippen molar-refractivity contribution in [1.82, 2.24) is 5.32 Å². The predicted octanol–water partition coefficient (Wildman–Crippen LogP) is 8.30. The molecule has 0 radical (unpaired) electrons. The van der Waals surface area contributed by atoms with Gasteiger partial charge in [0.1, 0.15) is 30.6 Å². The number of aldehydes is 1. The number of fused-ring (bicyclic) bond motifs is 3. The smallest absolute Gasteiger partial charge is 0.407 e. The summed E-state index contributed by atoms with van der Waals surface area (Å²) in [6.45, 7) is 11.3. The molecule has 0 heterocycles. The molecular formula is C41H47NO7. The highest BCUT2D eigenvalue weighted by Crippen LogP contribution is 2.44. The Kier molecular flexibility index (Phi) is 12.7. The van der Waals surface area contributed by atoms with E-state index in [1.165, 1.54) is 6.08 Å². The normalized spacial score (nSPS) is 14.6. The minimum absolute atomic E-state index is 0.0728. The second kappa shape index (κ2) is 16.9. The summed E-state index contributed by atoms with van der Waals surface area (Å²) < 4.78 is 17.2. The topological polar surface area (TPSA) is 108 Å². The van der Waals surface area contributed by atoms with Crippen LogP contribution in [0.5, 0.6) is 0 Å². The SMILES string of the molecule is CC(C)C[C@H](NC(=O)OCC1c2ccccc2-c2ccccc21)C(=O)OC(C/C=C/C(=O)OC(C)(C)C)C(C)/C=C\c1ccc(C=O)cc1. The molecular weight excluding hydrogens is 618 g/mol. The molecule has 1 amide bonds. The van der Waals surface area contributed by atoms with Gasteiger partial charge in [-0.25, -0.2) is 14.4 Å². The van der Waals surface area contributed by atoms with Crippen LogP contribution in [-0.2, 0) is 23.8 Å². The zero-order valence-corrected chi connectivity index (χ0v) is 29.2. The minimum Gasteiger partial charge on any atom is -0.460 e. The molecule has 3 aromatic carbocycles. The van der Waals surface area contributed by atoms with Crippen molar-refractivity contribution in [3.63, 3.8) is 0 Å². The van der Waals surface area contributed by atoms with Crippen molar-refractivity contribution >= 4 is 30.4 Å². The van der Waals surface area contributed by atoms with E-state index in [2.05, 4.69) is 17.4 Å². The molecule has 0 fully saturated rings. The first-order chi connectivity index (χ1) is 23.3. The molecule has 49 heavy (non-hydrogen) atoms. The molecule has 1 N–H and O–H groups in total. The van der Waals surface area contributed by atoms with Crippen LogP contribution in [0.1, 0.15) is 87.4 Å². The van der Waals surface area contributed by atoms with Crippen LogP contribution in [-0.4, -0.2) is 48.7 Å². The number of hydrogen-bond donors (Lipinski definition) is 1. The molecule has 1 aliphatic carbocycles. The van der Waals surface area contributed by atoms with E-state index in [0.29, 0.717) is 12.0 Å². The number of benzene rings is 3. The van der Waals surface area contributed by atoms with Crippen molar-refractivity contribution in [2.24, 2.45) is 11.8 Å². The van der Waals surface area contributed by atoms with Gasteiger partial charge < -0.3 is 19.5 Å². The molecule has 2 unspecified atom stereocenters. The second-order valence-electron chi connectivity index (χ2n) is 13.8. The zero-order valence-electron chi connectivity index (χ0n) is 29.2. The van der Waals surface area contributed by atoms with Crippen molar-refractivity contribution in [1.29, 1.82) is 0 Å². The number of amides is 1. The summed E-state index contributed by atoms with van der Waals surface area (Å²) >= 11 is 0. The fraction of sp³-hybridized carbons (Fsp3) is 0.366. The summed E-state index contributed by atoms with van der Waals surface area (Å²) in [6.07, 6.45) is 6.77. The van der Waals surface area contributed by atoms with Crippen molar-refractivity contribution in [3.8, 4) is 11.1 Å². The van der Waals surface area contributed by atoms with Crippen molar-refractivity contribution < 1.29 is 33.4 Å². The van der Waals surface area contributed by atoms with Crippen molar-refractivity contribution in [3.05, 3.63) is 113 Å². The molecule has 3 atom stereocenters. The van der Waals surface area contributed by atoms with Crippen LogP contribution in [0.25, 0.3) is 17.2 Å². The standard InChI is InChI=1S/C41H47NO7/c1-27(2)24-36(42-40(46)47-26-35-33-14-9-7-12-31(33)32-13-8-10-15-34(32)35)39(45)48-37(16-11-17-38(44)49-41(4,5)6)28(3)18-19-29-20-22-30(25-43)23-21-29/h7-15,17-23,25,27-28,35-37H,16,24,26H2,1-6H3,(H,42,46)/b17-11+,19-18-/t28?,36-,37?/m0/s1. The van der Waals surface area contributed by atoms with Gasteiger partial charge in [-0.1, -0.05) is 112 Å². The van der Waals surface area contributed by atoms with Crippen LogP contribution in [0.2, 0.25) is 0 Å². The van der Waals surface area contributed by atoms with Gasteiger partial charge in [-0.2, -0.15) is 0 Å². The maximum Gasteiger partial charge on any atom is 0.407 e. The molecule has 0 saturated carbocycles. The number of esters is 2. The van der Waals surface area contributed by atoms with Gasteiger partial charge in [0.2, 0.25) is 0 Å². The Hall–Kier alpha value is -4.98. The molecule has 0 spiro atoms. The van der Waals surface area contributed by atoms with E-state index in [4.69, 9.17) is 14.2 Å². The predicted molar refractivity (Wildman–Crippen MR) is 191 cm³/mol. The number of hydrogen-bond acceptors (Lipinski definition) is 7. The third-order valence-electron chi connectivity index (χ3n) is 8.18. The van der Waals surface area contributed by atoms with Gasteiger partial charge in [-0.05, 0) is 60.9 Å². The van der Waals surface area contributed by atoms with E-state index < -0.39 is 35.8 Å². The number of ether oxygens (including phenoxy) is 3. The first-order valence-corrected chi connectivity index (χ1v) is 16.8. The Labute approximate surface area is 289 Å². The Bertz CT molecular complexity index is 1620. The average Bonchev–Trinajstić information content (AvgIpc) is 3.38. The fourth-order valence-electron chi connectivity index (χ4n) is 5.78. The molecule has 4 rings (SSSR count). The van der Waals surface area contributed by atoms with Crippen LogP contribution >= 0.6 is 0 Å². The summed E-state index contributed by atoms with van der Waals surface area (Å²) in [5.74, 6) is -1.40. The molecule has 1 aliphatic rings. The summed E-state index contributed by atoms with van der Waals surface area (Å²) in [5, 5.41) is 2.76. The number of alkyl carbamates (subject to hydrolysis) is 1. The minimum atomic E-state index is -0.944. The Morgan fingerprint density at radius 1 is 0.857 bits per heavy atom. The second-order valence-corrected chi connectivity index (χ2v) is 13.8. The van der Waals surface area contributed by atoms with E-state index in [1.807, 2.05) is 81.5 Å².